The Balaban J connectivity index is 2.51. The maximum absolute atomic E-state index is 11.1. The summed E-state index contributed by atoms with van der Waals surface area (Å²) in [5.74, 6) is -0.731. The zero-order valence-electron chi connectivity index (χ0n) is 8.63. The molecule has 0 fully saturated rings. The topological polar surface area (TPSA) is 43.4 Å². The van der Waals surface area contributed by atoms with E-state index >= 15 is 0 Å². The summed E-state index contributed by atoms with van der Waals surface area (Å²) in [5.41, 5.74) is 0.783. The van der Waals surface area contributed by atoms with Gasteiger partial charge in [-0.05, 0) is 40.5 Å². The van der Waals surface area contributed by atoms with E-state index in [-0.39, 0.29) is 18.8 Å². The van der Waals surface area contributed by atoms with Gasteiger partial charge in [-0.1, -0.05) is 17.7 Å². The van der Waals surface area contributed by atoms with Gasteiger partial charge < -0.3 is 4.74 Å². The van der Waals surface area contributed by atoms with Crippen molar-refractivity contribution in [1.29, 1.82) is 0 Å². The zero-order chi connectivity index (χ0) is 12.1. The first-order chi connectivity index (χ1) is 7.49. The molecule has 0 saturated carbocycles. The number of ether oxygens (including phenoxy) is 1. The van der Waals surface area contributed by atoms with Crippen LogP contribution in [0.4, 0.5) is 0 Å². The van der Waals surface area contributed by atoms with E-state index in [0.29, 0.717) is 5.02 Å². The molecular formula is C11H10BrClO3. The minimum atomic E-state index is -0.522. The molecule has 5 heteroatoms. The van der Waals surface area contributed by atoms with E-state index in [0.717, 1.165) is 10.0 Å². The van der Waals surface area contributed by atoms with Crippen molar-refractivity contribution in [3.8, 4) is 0 Å². The van der Waals surface area contributed by atoms with Gasteiger partial charge in [-0.15, -0.1) is 0 Å². The predicted molar refractivity (Wildman–Crippen MR) is 64.2 cm³/mol. The third kappa shape index (κ3) is 4.33. The smallest absolute Gasteiger partial charge is 0.313 e. The molecule has 1 aromatic rings. The van der Waals surface area contributed by atoms with Crippen LogP contribution in [0.5, 0.6) is 0 Å². The lowest BCUT2D eigenvalue weighted by Gasteiger charge is -2.04. The van der Waals surface area contributed by atoms with E-state index in [2.05, 4.69) is 15.9 Å². The second-order valence-corrected chi connectivity index (χ2v) is 4.55. The highest BCUT2D eigenvalue weighted by Gasteiger charge is 2.07. The average Bonchev–Trinajstić information content (AvgIpc) is 2.19. The fourth-order valence-corrected chi connectivity index (χ4v) is 1.50. The first-order valence-corrected chi connectivity index (χ1v) is 5.75. The first kappa shape index (κ1) is 13.2. The Morgan fingerprint density at radius 3 is 2.69 bits per heavy atom. The van der Waals surface area contributed by atoms with Crippen LogP contribution in [-0.2, 0) is 20.9 Å². The summed E-state index contributed by atoms with van der Waals surface area (Å²) in [5, 5.41) is 0.556. The zero-order valence-corrected chi connectivity index (χ0v) is 11.0. The highest BCUT2D eigenvalue weighted by Crippen LogP contribution is 2.23. The van der Waals surface area contributed by atoms with E-state index in [4.69, 9.17) is 16.3 Å². The van der Waals surface area contributed by atoms with Crippen molar-refractivity contribution in [1.82, 2.24) is 0 Å². The van der Waals surface area contributed by atoms with Gasteiger partial charge >= 0.3 is 5.97 Å². The van der Waals surface area contributed by atoms with Crippen molar-refractivity contribution in [3.63, 3.8) is 0 Å². The van der Waals surface area contributed by atoms with Gasteiger partial charge in [0, 0.05) is 4.47 Å². The summed E-state index contributed by atoms with van der Waals surface area (Å²) >= 11 is 9.13. The van der Waals surface area contributed by atoms with Crippen LogP contribution in [0.1, 0.15) is 18.9 Å². The minimum Gasteiger partial charge on any atom is -0.460 e. The molecule has 0 radical (unpaired) electrons. The molecular weight excluding hydrogens is 295 g/mol. The van der Waals surface area contributed by atoms with E-state index < -0.39 is 5.97 Å². The lowest BCUT2D eigenvalue weighted by Crippen LogP contribution is -2.08. The molecule has 0 N–H and O–H groups in total. The van der Waals surface area contributed by atoms with Crippen molar-refractivity contribution < 1.29 is 14.3 Å². The maximum atomic E-state index is 11.1. The number of hydrogen-bond donors (Lipinski definition) is 0. The molecule has 0 aliphatic rings. The lowest BCUT2D eigenvalue weighted by atomic mass is 10.2. The van der Waals surface area contributed by atoms with Gasteiger partial charge in [-0.2, -0.15) is 0 Å². The van der Waals surface area contributed by atoms with Crippen molar-refractivity contribution in [2.75, 3.05) is 0 Å². The van der Waals surface area contributed by atoms with Gasteiger partial charge in [0.15, 0.2) is 0 Å². The van der Waals surface area contributed by atoms with Crippen LogP contribution in [0.15, 0.2) is 22.7 Å². The summed E-state index contributed by atoms with van der Waals surface area (Å²) in [6, 6.07) is 5.26. The van der Waals surface area contributed by atoms with Crippen molar-refractivity contribution >= 4 is 39.3 Å². The number of benzene rings is 1. The molecule has 0 atom stereocenters. The molecule has 0 amide bonds. The van der Waals surface area contributed by atoms with E-state index in [9.17, 15) is 9.59 Å². The minimum absolute atomic E-state index is 0.124. The predicted octanol–water partition coefficient (Wildman–Crippen LogP) is 3.12. The molecule has 0 spiro atoms. The van der Waals surface area contributed by atoms with Gasteiger partial charge in [0.05, 0.1) is 5.02 Å². The molecule has 1 rings (SSSR count). The molecule has 0 bridgehead atoms. The van der Waals surface area contributed by atoms with Crippen LogP contribution in [0.2, 0.25) is 5.02 Å². The highest BCUT2D eigenvalue weighted by atomic mass is 79.9. The summed E-state index contributed by atoms with van der Waals surface area (Å²) < 4.78 is 5.69. The molecule has 1 aromatic carbocycles. The Hall–Kier alpha value is -0.870. The summed E-state index contributed by atoms with van der Waals surface area (Å²) in [6.45, 7) is 1.47. The molecule has 0 aliphatic carbocycles. The number of ketones is 1. The normalized spacial score (nSPS) is 9.94. The summed E-state index contributed by atoms with van der Waals surface area (Å²) in [4.78, 5) is 21.7. The van der Waals surface area contributed by atoms with Gasteiger partial charge in [-0.3, -0.25) is 9.59 Å². The summed E-state index contributed by atoms with van der Waals surface area (Å²) in [6.07, 6.45) is -0.190. The Morgan fingerprint density at radius 1 is 1.44 bits per heavy atom. The summed E-state index contributed by atoms with van der Waals surface area (Å²) in [7, 11) is 0. The van der Waals surface area contributed by atoms with Crippen molar-refractivity contribution in [3.05, 3.63) is 33.3 Å². The van der Waals surface area contributed by atoms with Crippen LogP contribution in [0.3, 0.4) is 0 Å². The van der Waals surface area contributed by atoms with E-state index in [1.54, 1.807) is 18.2 Å². The third-order valence-corrected chi connectivity index (χ3v) is 3.01. The number of halogens is 2. The number of hydrogen-bond acceptors (Lipinski definition) is 3. The second kappa shape index (κ2) is 6.01. The van der Waals surface area contributed by atoms with Gasteiger partial charge in [0.25, 0.3) is 0 Å². The molecule has 86 valence electrons. The number of rotatable bonds is 4. The van der Waals surface area contributed by atoms with Crippen LogP contribution >= 0.6 is 27.5 Å². The molecule has 0 aliphatic heterocycles. The van der Waals surface area contributed by atoms with Crippen LogP contribution < -0.4 is 0 Å². The molecule has 0 saturated heterocycles. The van der Waals surface area contributed by atoms with Gasteiger partial charge in [0.1, 0.15) is 18.8 Å². The number of Topliss-reactive ketones (excluding diaryl/α,β-unsaturated/α-hetero) is 1. The molecule has 3 nitrogen and oxygen atoms in total. The molecule has 0 heterocycles. The SMILES string of the molecule is CC(=O)CC(=O)OCc1ccc(Br)c(Cl)c1. The molecule has 0 unspecified atom stereocenters. The highest BCUT2D eigenvalue weighted by molar-refractivity contribution is 9.10. The first-order valence-electron chi connectivity index (χ1n) is 4.58. The van der Waals surface area contributed by atoms with Crippen LogP contribution in [0.25, 0.3) is 0 Å². The van der Waals surface area contributed by atoms with Gasteiger partial charge in [0.2, 0.25) is 0 Å². The van der Waals surface area contributed by atoms with E-state index in [1.807, 2.05) is 0 Å². The number of carbonyl (C=O) groups is 2. The average molecular weight is 306 g/mol. The molecule has 16 heavy (non-hydrogen) atoms. The monoisotopic (exact) mass is 304 g/mol. The largest absolute Gasteiger partial charge is 0.460 e. The second-order valence-electron chi connectivity index (χ2n) is 3.29. The van der Waals surface area contributed by atoms with Crippen molar-refractivity contribution in [2.24, 2.45) is 0 Å². The van der Waals surface area contributed by atoms with Crippen LogP contribution in [-0.4, -0.2) is 11.8 Å². The Morgan fingerprint density at radius 2 is 2.12 bits per heavy atom. The standard InChI is InChI=1S/C11H10BrClO3/c1-7(14)4-11(15)16-6-8-2-3-9(12)10(13)5-8/h2-3,5H,4,6H2,1H3. The number of esters is 1. The maximum Gasteiger partial charge on any atom is 0.313 e. The number of carbonyl (C=O) groups excluding carboxylic acids is 2. The molecule has 0 aromatic heterocycles. The van der Waals surface area contributed by atoms with Crippen molar-refractivity contribution in [2.45, 2.75) is 20.0 Å². The Kier molecular flexibility index (Phi) is 4.96. The van der Waals surface area contributed by atoms with Crippen LogP contribution in [0, 0.1) is 0 Å². The van der Waals surface area contributed by atoms with Gasteiger partial charge in [-0.25, -0.2) is 0 Å². The van der Waals surface area contributed by atoms with E-state index in [1.165, 1.54) is 6.92 Å². The Labute approximate surface area is 107 Å². The fourth-order valence-electron chi connectivity index (χ4n) is 1.05. The fraction of sp³-hybridized carbons (Fsp3) is 0.273. The lowest BCUT2D eigenvalue weighted by molar-refractivity contribution is -0.146. The third-order valence-electron chi connectivity index (χ3n) is 1.78. The Bertz CT molecular complexity index is 418. The quantitative estimate of drug-likeness (QED) is 0.634.